The summed E-state index contributed by atoms with van der Waals surface area (Å²) in [6.07, 6.45) is 2.27. The van der Waals surface area contributed by atoms with E-state index < -0.39 is 10.0 Å². The number of sulfonamides is 1. The van der Waals surface area contributed by atoms with Crippen molar-refractivity contribution in [2.24, 2.45) is 5.92 Å². The minimum Gasteiger partial charge on any atom is -0.208 e. The Morgan fingerprint density at radius 1 is 1.29 bits per heavy atom. The molecule has 1 saturated carbocycles. The Kier molecular flexibility index (Phi) is 3.27. The Bertz CT molecular complexity index is 518. The average molecular weight is 253 g/mol. The smallest absolute Gasteiger partial charge is 0.208 e. The fourth-order valence-corrected chi connectivity index (χ4v) is 3.64. The van der Waals surface area contributed by atoms with Crippen molar-refractivity contribution in [1.82, 2.24) is 4.72 Å². The molecule has 0 radical (unpaired) electrons. The van der Waals surface area contributed by atoms with Crippen molar-refractivity contribution in [1.29, 1.82) is 0 Å². The van der Waals surface area contributed by atoms with E-state index in [0.29, 0.717) is 10.8 Å². The van der Waals surface area contributed by atoms with Gasteiger partial charge in [-0.25, -0.2) is 13.1 Å². The van der Waals surface area contributed by atoms with Gasteiger partial charge in [-0.15, -0.1) is 0 Å². The molecule has 4 heteroatoms. The van der Waals surface area contributed by atoms with E-state index in [1.807, 2.05) is 32.9 Å². The molecule has 3 nitrogen and oxygen atoms in total. The topological polar surface area (TPSA) is 46.2 Å². The first-order valence-corrected chi connectivity index (χ1v) is 7.48. The monoisotopic (exact) mass is 253 g/mol. The Hall–Kier alpha value is -0.870. The van der Waals surface area contributed by atoms with Crippen molar-refractivity contribution in [3.05, 3.63) is 29.3 Å². The second-order valence-corrected chi connectivity index (χ2v) is 6.70. The molecule has 0 saturated heterocycles. The molecule has 0 bridgehead atoms. The molecular weight excluding hydrogens is 234 g/mol. The third kappa shape index (κ3) is 2.87. The Morgan fingerprint density at radius 2 is 1.94 bits per heavy atom. The maximum atomic E-state index is 12.2. The van der Waals surface area contributed by atoms with Crippen molar-refractivity contribution >= 4 is 10.0 Å². The van der Waals surface area contributed by atoms with Crippen molar-refractivity contribution < 1.29 is 8.42 Å². The zero-order valence-corrected chi connectivity index (χ0v) is 11.3. The quantitative estimate of drug-likeness (QED) is 0.895. The minimum absolute atomic E-state index is 0.0423. The highest BCUT2D eigenvalue weighted by Gasteiger charge is 2.31. The highest BCUT2D eigenvalue weighted by molar-refractivity contribution is 7.89. The van der Waals surface area contributed by atoms with Crippen LogP contribution in [0.3, 0.4) is 0 Å². The molecule has 1 N–H and O–H groups in total. The van der Waals surface area contributed by atoms with Crippen molar-refractivity contribution in [2.45, 2.75) is 44.6 Å². The summed E-state index contributed by atoms with van der Waals surface area (Å²) in [6.45, 7) is 5.74. The van der Waals surface area contributed by atoms with Crippen molar-refractivity contribution in [3.63, 3.8) is 0 Å². The van der Waals surface area contributed by atoms with Gasteiger partial charge < -0.3 is 0 Å². The molecule has 94 valence electrons. The summed E-state index contributed by atoms with van der Waals surface area (Å²) in [7, 11) is -3.36. The van der Waals surface area contributed by atoms with Gasteiger partial charge in [-0.1, -0.05) is 17.7 Å². The van der Waals surface area contributed by atoms with Crippen LogP contribution in [0.1, 0.15) is 30.9 Å². The first kappa shape index (κ1) is 12.6. The van der Waals surface area contributed by atoms with E-state index in [1.165, 1.54) is 0 Å². The van der Waals surface area contributed by atoms with Crippen LogP contribution in [-0.4, -0.2) is 14.5 Å². The molecule has 1 fully saturated rings. The van der Waals surface area contributed by atoms with E-state index in [9.17, 15) is 8.42 Å². The molecule has 0 unspecified atom stereocenters. The molecule has 2 rings (SSSR count). The molecule has 1 aromatic rings. The molecule has 1 aliphatic rings. The van der Waals surface area contributed by atoms with Gasteiger partial charge in [-0.05, 0) is 51.2 Å². The molecule has 0 spiro atoms. The number of aryl methyl sites for hydroxylation is 2. The summed E-state index contributed by atoms with van der Waals surface area (Å²) in [6, 6.07) is 5.47. The molecule has 1 aromatic carbocycles. The third-order valence-corrected chi connectivity index (χ3v) is 5.01. The maximum Gasteiger partial charge on any atom is 0.241 e. The lowest BCUT2D eigenvalue weighted by atomic mass is 10.2. The van der Waals surface area contributed by atoms with E-state index in [1.54, 1.807) is 6.07 Å². The van der Waals surface area contributed by atoms with Gasteiger partial charge in [0.15, 0.2) is 0 Å². The normalized spacial score (nSPS) is 18.1. The van der Waals surface area contributed by atoms with E-state index in [4.69, 9.17) is 0 Å². The largest absolute Gasteiger partial charge is 0.241 e. The predicted octanol–water partition coefficient (Wildman–Crippen LogP) is 2.38. The first-order valence-electron chi connectivity index (χ1n) is 6.00. The molecule has 0 amide bonds. The molecule has 0 aliphatic heterocycles. The van der Waals surface area contributed by atoms with Gasteiger partial charge >= 0.3 is 0 Å². The first-order chi connectivity index (χ1) is 7.90. The van der Waals surface area contributed by atoms with Crippen LogP contribution in [0.15, 0.2) is 23.1 Å². The SMILES string of the molecule is Cc1ccc(S(=O)(=O)N[C@H](C)C2CC2)c(C)c1. The lowest BCUT2D eigenvalue weighted by Gasteiger charge is -2.15. The fraction of sp³-hybridized carbons (Fsp3) is 0.538. The maximum absolute atomic E-state index is 12.2. The Labute approximate surface area is 103 Å². The lowest BCUT2D eigenvalue weighted by Crippen LogP contribution is -2.34. The second kappa shape index (κ2) is 4.42. The standard InChI is InChI=1S/C13H19NO2S/c1-9-4-7-13(10(2)8-9)17(15,16)14-11(3)12-5-6-12/h4,7-8,11-12,14H,5-6H2,1-3H3/t11-/m1/s1. The van der Waals surface area contributed by atoms with E-state index >= 15 is 0 Å². The number of hydrogen-bond donors (Lipinski definition) is 1. The number of hydrogen-bond acceptors (Lipinski definition) is 2. The van der Waals surface area contributed by atoms with Crippen LogP contribution in [-0.2, 0) is 10.0 Å². The summed E-state index contributed by atoms with van der Waals surface area (Å²) >= 11 is 0. The van der Waals surface area contributed by atoms with Gasteiger partial charge in [0.2, 0.25) is 10.0 Å². The van der Waals surface area contributed by atoms with Gasteiger partial charge in [0.1, 0.15) is 0 Å². The van der Waals surface area contributed by atoms with Gasteiger partial charge in [0.05, 0.1) is 4.90 Å². The van der Waals surface area contributed by atoms with Crippen LogP contribution in [0.25, 0.3) is 0 Å². The summed E-state index contributed by atoms with van der Waals surface area (Å²) in [5, 5.41) is 0. The van der Waals surface area contributed by atoms with Crippen LogP contribution < -0.4 is 4.72 Å². The van der Waals surface area contributed by atoms with Gasteiger partial charge in [0.25, 0.3) is 0 Å². The summed E-state index contributed by atoms with van der Waals surface area (Å²) in [5.41, 5.74) is 1.89. The second-order valence-electron chi connectivity index (χ2n) is 5.02. The fourth-order valence-electron chi connectivity index (χ4n) is 2.10. The average Bonchev–Trinajstić information content (AvgIpc) is 2.98. The molecular formula is C13H19NO2S. The predicted molar refractivity (Wildman–Crippen MR) is 68.4 cm³/mol. The van der Waals surface area contributed by atoms with Crippen molar-refractivity contribution in [2.75, 3.05) is 0 Å². The van der Waals surface area contributed by atoms with E-state index in [2.05, 4.69) is 4.72 Å². The molecule has 0 aromatic heterocycles. The Balaban J connectivity index is 2.24. The molecule has 17 heavy (non-hydrogen) atoms. The molecule has 0 heterocycles. The van der Waals surface area contributed by atoms with Crippen LogP contribution in [0.4, 0.5) is 0 Å². The number of nitrogens with one attached hydrogen (secondary N) is 1. The third-order valence-electron chi connectivity index (χ3n) is 3.29. The van der Waals surface area contributed by atoms with Crippen molar-refractivity contribution in [3.8, 4) is 0 Å². The summed E-state index contributed by atoms with van der Waals surface area (Å²) in [5.74, 6) is 0.524. The van der Waals surface area contributed by atoms with E-state index in [-0.39, 0.29) is 6.04 Å². The lowest BCUT2D eigenvalue weighted by molar-refractivity contribution is 0.537. The number of benzene rings is 1. The van der Waals surface area contributed by atoms with Gasteiger partial charge in [-0.3, -0.25) is 0 Å². The Morgan fingerprint density at radius 3 is 2.47 bits per heavy atom. The van der Waals surface area contributed by atoms with Crippen LogP contribution in [0.2, 0.25) is 0 Å². The highest BCUT2D eigenvalue weighted by Crippen LogP contribution is 2.33. The summed E-state index contributed by atoms with van der Waals surface area (Å²) in [4.78, 5) is 0.399. The zero-order chi connectivity index (χ0) is 12.6. The highest BCUT2D eigenvalue weighted by atomic mass is 32.2. The van der Waals surface area contributed by atoms with Crippen LogP contribution >= 0.6 is 0 Å². The van der Waals surface area contributed by atoms with Crippen LogP contribution in [0, 0.1) is 19.8 Å². The molecule has 1 aliphatic carbocycles. The van der Waals surface area contributed by atoms with Crippen LogP contribution in [0.5, 0.6) is 0 Å². The molecule has 1 atom stereocenters. The van der Waals surface area contributed by atoms with E-state index in [0.717, 1.165) is 24.0 Å². The summed E-state index contributed by atoms with van der Waals surface area (Å²) < 4.78 is 27.2. The van der Waals surface area contributed by atoms with Gasteiger partial charge in [-0.2, -0.15) is 0 Å². The number of rotatable bonds is 4. The van der Waals surface area contributed by atoms with Gasteiger partial charge in [0, 0.05) is 6.04 Å². The zero-order valence-electron chi connectivity index (χ0n) is 10.5. The minimum atomic E-state index is -3.36.